The lowest BCUT2D eigenvalue weighted by Crippen LogP contribution is -2.55. The van der Waals surface area contributed by atoms with E-state index < -0.39 is 0 Å². The van der Waals surface area contributed by atoms with Crippen LogP contribution < -0.4 is 0 Å². The predicted molar refractivity (Wildman–Crippen MR) is 112 cm³/mol. The zero-order valence-corrected chi connectivity index (χ0v) is 17.1. The minimum atomic E-state index is -0.267. The summed E-state index contributed by atoms with van der Waals surface area (Å²) in [6, 6.07) is 16.3. The molecule has 4 nitrogen and oxygen atoms in total. The second-order valence-electron chi connectivity index (χ2n) is 8.45. The summed E-state index contributed by atoms with van der Waals surface area (Å²) >= 11 is 0. The van der Waals surface area contributed by atoms with Crippen LogP contribution in [-0.2, 0) is 22.6 Å². The standard InChI is InChI=1S/C25H28FNO3/c26-21-9-4-8-18(14-21)12-13-24(28)20-15-22-10-5-11-23(16-20)27(22)25(29)30-17-19-6-2-1-3-7-19/h1-4,6-9,14,20,22-23H,5,10-13,15-17H2. The second kappa shape index (κ2) is 9.41. The first-order chi connectivity index (χ1) is 14.6. The molecule has 0 spiro atoms. The molecule has 2 heterocycles. The molecule has 2 fully saturated rings. The van der Waals surface area contributed by atoms with Crippen molar-refractivity contribution in [2.45, 2.75) is 63.6 Å². The lowest BCUT2D eigenvalue weighted by Gasteiger charge is -2.47. The fourth-order valence-electron chi connectivity index (χ4n) is 4.90. The number of nitrogens with zero attached hydrogens (tertiary/aromatic N) is 1. The highest BCUT2D eigenvalue weighted by molar-refractivity contribution is 5.82. The Kier molecular flexibility index (Phi) is 6.46. The molecule has 2 atom stereocenters. The van der Waals surface area contributed by atoms with E-state index in [2.05, 4.69) is 0 Å². The molecule has 158 valence electrons. The molecule has 2 aliphatic rings. The van der Waals surface area contributed by atoms with Gasteiger partial charge in [-0.25, -0.2) is 9.18 Å². The van der Waals surface area contributed by atoms with E-state index in [1.54, 1.807) is 6.07 Å². The largest absolute Gasteiger partial charge is 0.445 e. The van der Waals surface area contributed by atoms with Crippen molar-refractivity contribution in [3.63, 3.8) is 0 Å². The third-order valence-electron chi connectivity index (χ3n) is 6.40. The van der Waals surface area contributed by atoms with E-state index in [0.29, 0.717) is 25.7 Å². The van der Waals surface area contributed by atoms with Gasteiger partial charge in [-0.3, -0.25) is 4.79 Å². The maximum Gasteiger partial charge on any atom is 0.410 e. The normalized spacial score (nSPS) is 23.1. The number of fused-ring (bicyclic) bond motifs is 2. The van der Waals surface area contributed by atoms with Gasteiger partial charge in [-0.2, -0.15) is 0 Å². The van der Waals surface area contributed by atoms with Gasteiger partial charge in [-0.15, -0.1) is 0 Å². The molecule has 2 aromatic rings. The predicted octanol–water partition coefficient (Wildman–Crippen LogP) is 5.30. The van der Waals surface area contributed by atoms with Crippen LogP contribution in [0.1, 0.15) is 49.7 Å². The summed E-state index contributed by atoms with van der Waals surface area (Å²) in [6.45, 7) is 0.269. The van der Waals surface area contributed by atoms with Crippen LogP contribution in [0.4, 0.5) is 9.18 Å². The molecule has 1 amide bonds. The monoisotopic (exact) mass is 409 g/mol. The van der Waals surface area contributed by atoms with Crippen LogP contribution in [0.25, 0.3) is 0 Å². The lowest BCUT2D eigenvalue weighted by molar-refractivity contribution is -0.126. The molecule has 2 aromatic carbocycles. The van der Waals surface area contributed by atoms with Crippen LogP contribution >= 0.6 is 0 Å². The number of benzene rings is 2. The van der Waals surface area contributed by atoms with Crippen LogP contribution in [0.2, 0.25) is 0 Å². The molecule has 4 rings (SSSR count). The van der Waals surface area contributed by atoms with Crippen molar-refractivity contribution in [3.05, 3.63) is 71.5 Å². The fraction of sp³-hybridized carbons (Fsp3) is 0.440. The van der Waals surface area contributed by atoms with Crippen molar-refractivity contribution >= 4 is 11.9 Å². The molecule has 0 aliphatic carbocycles. The molecule has 0 radical (unpaired) electrons. The van der Waals surface area contributed by atoms with Crippen molar-refractivity contribution in [3.8, 4) is 0 Å². The Balaban J connectivity index is 1.33. The van der Waals surface area contributed by atoms with Crippen LogP contribution in [0.15, 0.2) is 54.6 Å². The topological polar surface area (TPSA) is 46.6 Å². The minimum absolute atomic E-state index is 0.0213. The highest BCUT2D eigenvalue weighted by Gasteiger charge is 2.43. The maximum absolute atomic E-state index is 13.4. The van der Waals surface area contributed by atoms with Gasteiger partial charge in [-0.05, 0) is 61.8 Å². The molecule has 0 N–H and O–H groups in total. The van der Waals surface area contributed by atoms with E-state index in [4.69, 9.17) is 4.74 Å². The molecule has 30 heavy (non-hydrogen) atoms. The van der Waals surface area contributed by atoms with Crippen LogP contribution in [-0.4, -0.2) is 28.9 Å². The summed E-state index contributed by atoms with van der Waals surface area (Å²) in [6.07, 6.45) is 5.06. The zero-order chi connectivity index (χ0) is 20.9. The second-order valence-corrected chi connectivity index (χ2v) is 8.45. The summed E-state index contributed by atoms with van der Waals surface area (Å²) in [5.74, 6) is -0.0581. The van der Waals surface area contributed by atoms with Gasteiger partial charge in [0.1, 0.15) is 18.2 Å². The van der Waals surface area contributed by atoms with E-state index in [1.807, 2.05) is 41.3 Å². The number of carbonyl (C=O) groups is 2. The van der Waals surface area contributed by atoms with Crippen LogP contribution in [0.5, 0.6) is 0 Å². The first kappa shape index (κ1) is 20.6. The summed E-state index contributed by atoms with van der Waals surface area (Å²) in [5.41, 5.74) is 1.82. The number of rotatable bonds is 6. The number of ether oxygens (including phenoxy) is 1. The summed E-state index contributed by atoms with van der Waals surface area (Å²) in [5, 5.41) is 0. The number of hydrogen-bond acceptors (Lipinski definition) is 3. The molecule has 2 saturated heterocycles. The third kappa shape index (κ3) is 4.89. The molecular formula is C25H28FNO3. The van der Waals surface area contributed by atoms with E-state index in [9.17, 15) is 14.0 Å². The van der Waals surface area contributed by atoms with Gasteiger partial charge in [0.25, 0.3) is 0 Å². The Morgan fingerprint density at radius 1 is 0.967 bits per heavy atom. The number of hydrogen-bond donors (Lipinski definition) is 0. The highest BCUT2D eigenvalue weighted by atomic mass is 19.1. The van der Waals surface area contributed by atoms with Gasteiger partial charge >= 0.3 is 6.09 Å². The van der Waals surface area contributed by atoms with Crippen molar-refractivity contribution in [1.82, 2.24) is 4.90 Å². The summed E-state index contributed by atoms with van der Waals surface area (Å²) in [7, 11) is 0. The quantitative estimate of drug-likeness (QED) is 0.651. The smallest absolute Gasteiger partial charge is 0.410 e. The molecule has 2 aliphatic heterocycles. The summed E-state index contributed by atoms with van der Waals surface area (Å²) in [4.78, 5) is 27.5. The lowest BCUT2D eigenvalue weighted by atomic mass is 9.76. The Hall–Kier alpha value is -2.69. The average molecular weight is 410 g/mol. The fourth-order valence-corrected chi connectivity index (χ4v) is 4.90. The number of ketones is 1. The first-order valence-electron chi connectivity index (χ1n) is 10.9. The number of Topliss-reactive ketones (excluding diaryl/α,β-unsaturated/α-hetero) is 1. The van der Waals surface area contributed by atoms with Gasteiger partial charge in [0.05, 0.1) is 0 Å². The van der Waals surface area contributed by atoms with Crippen molar-refractivity contribution in [1.29, 1.82) is 0 Å². The van der Waals surface area contributed by atoms with Gasteiger partial charge in [0.15, 0.2) is 0 Å². The molecule has 0 aromatic heterocycles. The minimum Gasteiger partial charge on any atom is -0.445 e. The number of amides is 1. The van der Waals surface area contributed by atoms with Gasteiger partial charge in [-0.1, -0.05) is 42.5 Å². The molecule has 5 heteroatoms. The third-order valence-corrected chi connectivity index (χ3v) is 6.40. The van der Waals surface area contributed by atoms with E-state index in [0.717, 1.165) is 30.4 Å². The van der Waals surface area contributed by atoms with Crippen molar-refractivity contribution in [2.75, 3.05) is 0 Å². The average Bonchev–Trinajstić information content (AvgIpc) is 2.75. The van der Waals surface area contributed by atoms with Crippen molar-refractivity contribution in [2.24, 2.45) is 5.92 Å². The number of halogens is 1. The number of aryl methyl sites for hydroxylation is 1. The van der Waals surface area contributed by atoms with Gasteiger partial charge < -0.3 is 9.64 Å². The molecular weight excluding hydrogens is 381 g/mol. The SMILES string of the molecule is O=C(CCc1cccc(F)c1)C1CC2CCCC(C1)N2C(=O)OCc1ccccc1. The number of piperidine rings is 2. The van der Waals surface area contributed by atoms with Crippen molar-refractivity contribution < 1.29 is 18.7 Å². The molecule has 2 bridgehead atoms. The molecule has 0 saturated carbocycles. The van der Waals surface area contributed by atoms with E-state index >= 15 is 0 Å². The van der Waals surface area contributed by atoms with Gasteiger partial charge in [0.2, 0.25) is 0 Å². The van der Waals surface area contributed by atoms with E-state index in [-0.39, 0.29) is 42.3 Å². The first-order valence-corrected chi connectivity index (χ1v) is 10.9. The van der Waals surface area contributed by atoms with Crippen LogP contribution in [0, 0.1) is 11.7 Å². The van der Waals surface area contributed by atoms with E-state index in [1.165, 1.54) is 12.1 Å². The Morgan fingerprint density at radius 2 is 1.67 bits per heavy atom. The van der Waals surface area contributed by atoms with Crippen LogP contribution in [0.3, 0.4) is 0 Å². The highest BCUT2D eigenvalue weighted by Crippen LogP contribution is 2.38. The summed E-state index contributed by atoms with van der Waals surface area (Å²) < 4.78 is 18.9. The maximum atomic E-state index is 13.4. The zero-order valence-electron chi connectivity index (χ0n) is 17.1. The number of carbonyl (C=O) groups excluding carboxylic acids is 2. The Morgan fingerprint density at radius 3 is 2.37 bits per heavy atom. The molecule has 2 unspecified atom stereocenters. The Labute approximate surface area is 177 Å². The van der Waals surface area contributed by atoms with Gasteiger partial charge in [0, 0.05) is 24.4 Å². The Bertz CT molecular complexity index is 871.